The Morgan fingerprint density at radius 1 is 1.50 bits per heavy atom. The number of anilines is 1. The summed E-state index contributed by atoms with van der Waals surface area (Å²) < 4.78 is 7.07. The van der Waals surface area contributed by atoms with Crippen molar-refractivity contribution in [2.45, 2.75) is 13.5 Å². The number of methoxy groups -OCH3 is 1. The molecule has 0 spiro atoms. The van der Waals surface area contributed by atoms with Crippen LogP contribution in [0.4, 0.5) is 5.69 Å². The molecule has 1 aromatic heterocycles. The molecule has 3 N–H and O–H groups in total. The summed E-state index contributed by atoms with van der Waals surface area (Å²) in [6, 6.07) is 5.59. The van der Waals surface area contributed by atoms with Crippen LogP contribution < -0.4 is 15.8 Å². The summed E-state index contributed by atoms with van der Waals surface area (Å²) in [6.07, 6.45) is 1.85. The van der Waals surface area contributed by atoms with Gasteiger partial charge in [0, 0.05) is 42.2 Å². The molecule has 6 heteroatoms. The number of benzene rings is 1. The lowest BCUT2D eigenvalue weighted by molar-refractivity contribution is 0.415. The predicted octanol–water partition coefficient (Wildman–Crippen LogP) is 1.98. The molecular weight excluding hydrogens is 272 g/mol. The second-order valence-electron chi connectivity index (χ2n) is 4.51. The van der Waals surface area contributed by atoms with E-state index in [4.69, 9.17) is 22.7 Å². The third-order valence-corrected chi connectivity index (χ3v) is 3.52. The number of nitrogens with zero attached hydrogens (tertiary/aromatic N) is 2. The zero-order chi connectivity index (χ0) is 14.7. The molecular formula is C14H18N4OS. The largest absolute Gasteiger partial charge is 0.497 e. The van der Waals surface area contributed by atoms with Crippen molar-refractivity contribution in [3.63, 3.8) is 0 Å². The van der Waals surface area contributed by atoms with E-state index in [1.807, 2.05) is 43.0 Å². The van der Waals surface area contributed by atoms with Crippen LogP contribution in [0.15, 0.2) is 24.4 Å². The molecule has 20 heavy (non-hydrogen) atoms. The van der Waals surface area contributed by atoms with Crippen molar-refractivity contribution >= 4 is 22.9 Å². The second kappa shape index (κ2) is 5.92. The van der Waals surface area contributed by atoms with Gasteiger partial charge in [0.2, 0.25) is 0 Å². The molecule has 0 unspecified atom stereocenters. The van der Waals surface area contributed by atoms with E-state index in [0.717, 1.165) is 28.3 Å². The Labute approximate surface area is 123 Å². The Bertz CT molecular complexity index is 636. The first-order chi connectivity index (χ1) is 9.52. The Morgan fingerprint density at radius 3 is 2.80 bits per heavy atom. The lowest BCUT2D eigenvalue weighted by atomic mass is 10.1. The lowest BCUT2D eigenvalue weighted by Gasteiger charge is -2.12. The van der Waals surface area contributed by atoms with Crippen LogP contribution in [0.25, 0.3) is 0 Å². The molecule has 0 amide bonds. The Kier molecular flexibility index (Phi) is 4.24. The third-order valence-electron chi connectivity index (χ3n) is 3.30. The zero-order valence-electron chi connectivity index (χ0n) is 11.8. The number of hydrogen-bond donors (Lipinski definition) is 2. The fraction of sp³-hybridized carbons (Fsp3) is 0.286. The fourth-order valence-corrected chi connectivity index (χ4v) is 2.10. The summed E-state index contributed by atoms with van der Waals surface area (Å²) in [4.78, 5) is 0.359. The number of aromatic nitrogens is 2. The van der Waals surface area contributed by atoms with Crippen LogP contribution in [0.2, 0.25) is 0 Å². The summed E-state index contributed by atoms with van der Waals surface area (Å²) in [5.74, 6) is 0.760. The van der Waals surface area contributed by atoms with Crippen LogP contribution in [0.3, 0.4) is 0 Å². The van der Waals surface area contributed by atoms with E-state index in [-0.39, 0.29) is 0 Å². The maximum absolute atomic E-state index is 5.74. The Balaban J connectivity index is 2.23. The quantitative estimate of drug-likeness (QED) is 0.824. The summed E-state index contributed by atoms with van der Waals surface area (Å²) in [7, 11) is 3.55. The molecule has 106 valence electrons. The maximum atomic E-state index is 5.74. The average Bonchev–Trinajstić information content (AvgIpc) is 2.76. The first kappa shape index (κ1) is 14.3. The van der Waals surface area contributed by atoms with Crippen LogP contribution in [-0.4, -0.2) is 21.9 Å². The molecule has 1 aromatic carbocycles. The average molecular weight is 290 g/mol. The third kappa shape index (κ3) is 2.91. The molecule has 1 heterocycles. The van der Waals surface area contributed by atoms with Crippen molar-refractivity contribution in [1.82, 2.24) is 9.78 Å². The molecule has 2 rings (SSSR count). The maximum Gasteiger partial charge on any atom is 0.120 e. The van der Waals surface area contributed by atoms with Crippen molar-refractivity contribution in [1.29, 1.82) is 0 Å². The number of thiocarbonyl (C=S) groups is 1. The van der Waals surface area contributed by atoms with Gasteiger partial charge in [0.25, 0.3) is 0 Å². The molecule has 2 aromatic rings. The van der Waals surface area contributed by atoms with E-state index in [2.05, 4.69) is 10.4 Å². The highest BCUT2D eigenvalue weighted by Gasteiger charge is 2.09. The minimum absolute atomic E-state index is 0.359. The number of nitrogens with one attached hydrogen (secondary N) is 1. The SMILES string of the molecule is COc1ccc(C(N)=S)c(NCc2cnn(C)c2C)c1. The number of aryl methyl sites for hydroxylation is 1. The summed E-state index contributed by atoms with van der Waals surface area (Å²) >= 11 is 5.07. The van der Waals surface area contributed by atoms with E-state index < -0.39 is 0 Å². The molecule has 0 atom stereocenters. The lowest BCUT2D eigenvalue weighted by Crippen LogP contribution is -2.13. The molecule has 0 radical (unpaired) electrons. The van der Waals surface area contributed by atoms with E-state index in [1.54, 1.807) is 7.11 Å². The molecule has 0 aliphatic carbocycles. The Hall–Kier alpha value is -2.08. The summed E-state index contributed by atoms with van der Waals surface area (Å²) in [5.41, 5.74) is 9.66. The first-order valence-corrected chi connectivity index (χ1v) is 6.63. The zero-order valence-corrected chi connectivity index (χ0v) is 12.6. The van der Waals surface area contributed by atoms with E-state index in [9.17, 15) is 0 Å². The van der Waals surface area contributed by atoms with Crippen molar-refractivity contribution in [3.05, 3.63) is 41.2 Å². The molecule has 0 bridgehead atoms. The normalized spacial score (nSPS) is 10.3. The highest BCUT2D eigenvalue weighted by Crippen LogP contribution is 2.23. The monoisotopic (exact) mass is 290 g/mol. The van der Waals surface area contributed by atoms with Crippen molar-refractivity contribution in [3.8, 4) is 5.75 Å². The van der Waals surface area contributed by atoms with Crippen molar-refractivity contribution in [2.24, 2.45) is 12.8 Å². The summed E-state index contributed by atoms with van der Waals surface area (Å²) in [5, 5.41) is 7.56. The van der Waals surface area contributed by atoms with Gasteiger partial charge in [-0.25, -0.2) is 0 Å². The number of ether oxygens (including phenoxy) is 1. The van der Waals surface area contributed by atoms with E-state index in [0.29, 0.717) is 11.5 Å². The van der Waals surface area contributed by atoms with Gasteiger partial charge in [-0.15, -0.1) is 0 Å². The minimum atomic E-state index is 0.359. The van der Waals surface area contributed by atoms with E-state index in [1.165, 1.54) is 0 Å². The van der Waals surface area contributed by atoms with Gasteiger partial charge in [-0.2, -0.15) is 5.10 Å². The molecule has 0 aliphatic rings. The second-order valence-corrected chi connectivity index (χ2v) is 4.95. The number of nitrogens with two attached hydrogens (primary N) is 1. The fourth-order valence-electron chi connectivity index (χ4n) is 1.92. The molecule has 0 saturated heterocycles. The van der Waals surface area contributed by atoms with Crippen LogP contribution in [0, 0.1) is 6.92 Å². The molecule has 0 saturated carbocycles. The van der Waals surface area contributed by atoms with Gasteiger partial charge >= 0.3 is 0 Å². The predicted molar refractivity (Wildman–Crippen MR) is 84.2 cm³/mol. The highest BCUT2D eigenvalue weighted by atomic mass is 32.1. The highest BCUT2D eigenvalue weighted by molar-refractivity contribution is 7.80. The van der Waals surface area contributed by atoms with Crippen LogP contribution in [-0.2, 0) is 13.6 Å². The van der Waals surface area contributed by atoms with Gasteiger partial charge in [-0.05, 0) is 19.1 Å². The number of hydrogen-bond acceptors (Lipinski definition) is 4. The van der Waals surface area contributed by atoms with Gasteiger partial charge in [0.1, 0.15) is 10.7 Å². The Morgan fingerprint density at radius 2 is 2.25 bits per heavy atom. The molecule has 5 nitrogen and oxygen atoms in total. The van der Waals surface area contributed by atoms with Gasteiger partial charge in [-0.3, -0.25) is 4.68 Å². The van der Waals surface area contributed by atoms with Crippen LogP contribution in [0.1, 0.15) is 16.8 Å². The topological polar surface area (TPSA) is 65.1 Å². The van der Waals surface area contributed by atoms with Crippen LogP contribution >= 0.6 is 12.2 Å². The smallest absolute Gasteiger partial charge is 0.120 e. The standard InChI is InChI=1S/C14H18N4OS/c1-9-10(8-17-18(9)2)7-16-13-6-11(19-3)4-5-12(13)14(15)20/h4-6,8,16H,7H2,1-3H3,(H2,15,20). The number of rotatable bonds is 5. The van der Waals surface area contributed by atoms with Gasteiger partial charge in [0.15, 0.2) is 0 Å². The molecule has 0 aliphatic heterocycles. The summed E-state index contributed by atoms with van der Waals surface area (Å²) in [6.45, 7) is 2.69. The van der Waals surface area contributed by atoms with E-state index >= 15 is 0 Å². The van der Waals surface area contributed by atoms with Gasteiger partial charge in [0.05, 0.1) is 13.3 Å². The van der Waals surface area contributed by atoms with Crippen LogP contribution in [0.5, 0.6) is 5.75 Å². The molecule has 0 fully saturated rings. The van der Waals surface area contributed by atoms with Gasteiger partial charge < -0.3 is 15.8 Å². The van der Waals surface area contributed by atoms with Crippen molar-refractivity contribution < 1.29 is 4.74 Å². The first-order valence-electron chi connectivity index (χ1n) is 6.22. The van der Waals surface area contributed by atoms with Gasteiger partial charge in [-0.1, -0.05) is 12.2 Å². The minimum Gasteiger partial charge on any atom is -0.497 e. The van der Waals surface area contributed by atoms with Crippen molar-refractivity contribution in [2.75, 3.05) is 12.4 Å².